The molecule has 0 saturated heterocycles. The fourth-order valence-electron chi connectivity index (χ4n) is 2.29. The Morgan fingerprint density at radius 1 is 1.28 bits per heavy atom. The lowest BCUT2D eigenvalue weighted by Crippen LogP contribution is -2.18. The smallest absolute Gasteiger partial charge is 0.348 e. The van der Waals surface area contributed by atoms with Crippen molar-refractivity contribution in [2.24, 2.45) is 0 Å². The van der Waals surface area contributed by atoms with Gasteiger partial charge in [0.25, 0.3) is 5.91 Å². The minimum Gasteiger partial charge on any atom is -0.465 e. The summed E-state index contributed by atoms with van der Waals surface area (Å²) < 4.78 is 11.3. The van der Waals surface area contributed by atoms with Crippen LogP contribution >= 0.6 is 11.3 Å². The molecule has 8 nitrogen and oxygen atoms in total. The van der Waals surface area contributed by atoms with Crippen molar-refractivity contribution in [1.29, 1.82) is 0 Å². The Balaban J connectivity index is 2.42. The van der Waals surface area contributed by atoms with Crippen LogP contribution in [0.1, 0.15) is 49.9 Å². The third kappa shape index (κ3) is 3.71. The molecule has 0 aliphatic rings. The maximum Gasteiger partial charge on any atom is 0.348 e. The fraction of sp³-hybridized carbons (Fsp3) is 0.375. The van der Waals surface area contributed by atoms with Crippen LogP contribution in [0.25, 0.3) is 0 Å². The number of nitrogens with zero attached hydrogens (tertiary/aromatic N) is 2. The lowest BCUT2D eigenvalue weighted by Gasteiger charge is -2.07. The summed E-state index contributed by atoms with van der Waals surface area (Å²) in [5.41, 5.74) is 0.906. The van der Waals surface area contributed by atoms with E-state index in [9.17, 15) is 14.4 Å². The zero-order chi connectivity index (χ0) is 18.6. The molecule has 0 spiro atoms. The second kappa shape index (κ2) is 7.93. The SMILES string of the molecule is CCOC(=O)c1sc(NC(=O)c2ccnn2CC)c(C(=O)OC)c1C. The maximum absolute atomic E-state index is 12.5. The van der Waals surface area contributed by atoms with Crippen LogP contribution in [0.3, 0.4) is 0 Å². The van der Waals surface area contributed by atoms with Gasteiger partial charge in [0.15, 0.2) is 0 Å². The molecule has 2 rings (SSSR count). The van der Waals surface area contributed by atoms with E-state index in [4.69, 9.17) is 9.47 Å². The van der Waals surface area contributed by atoms with E-state index in [1.54, 1.807) is 19.9 Å². The summed E-state index contributed by atoms with van der Waals surface area (Å²) in [7, 11) is 1.24. The van der Waals surface area contributed by atoms with Gasteiger partial charge in [0.1, 0.15) is 15.6 Å². The average Bonchev–Trinajstić information content (AvgIpc) is 3.19. The number of hydrogen-bond donors (Lipinski definition) is 1. The molecule has 0 fully saturated rings. The molecule has 0 aliphatic carbocycles. The monoisotopic (exact) mass is 365 g/mol. The number of ether oxygens (including phenoxy) is 2. The van der Waals surface area contributed by atoms with Gasteiger partial charge >= 0.3 is 11.9 Å². The van der Waals surface area contributed by atoms with Crippen LogP contribution in [0.2, 0.25) is 0 Å². The summed E-state index contributed by atoms with van der Waals surface area (Å²) in [6.07, 6.45) is 1.52. The van der Waals surface area contributed by atoms with Crippen molar-refractivity contribution >= 4 is 34.2 Å². The first-order valence-corrected chi connectivity index (χ1v) is 8.48. The van der Waals surface area contributed by atoms with Crippen LogP contribution in [-0.4, -0.2) is 41.3 Å². The lowest BCUT2D eigenvalue weighted by atomic mass is 10.1. The Morgan fingerprint density at radius 3 is 2.60 bits per heavy atom. The molecule has 2 aromatic heterocycles. The number of carbonyl (C=O) groups is 3. The van der Waals surface area contributed by atoms with Gasteiger partial charge in [-0.05, 0) is 32.4 Å². The van der Waals surface area contributed by atoms with Crippen LogP contribution in [0.4, 0.5) is 5.00 Å². The highest BCUT2D eigenvalue weighted by Crippen LogP contribution is 2.34. The minimum atomic E-state index is -0.636. The van der Waals surface area contributed by atoms with Crippen LogP contribution in [-0.2, 0) is 16.0 Å². The predicted molar refractivity (Wildman–Crippen MR) is 92.2 cm³/mol. The van der Waals surface area contributed by atoms with Crippen LogP contribution in [0.15, 0.2) is 12.3 Å². The van der Waals surface area contributed by atoms with Gasteiger partial charge in [0, 0.05) is 12.7 Å². The van der Waals surface area contributed by atoms with Gasteiger partial charge < -0.3 is 14.8 Å². The Hall–Kier alpha value is -2.68. The van der Waals surface area contributed by atoms with Crippen molar-refractivity contribution in [2.45, 2.75) is 27.3 Å². The standard InChI is InChI=1S/C16H19N3O5S/c1-5-19-10(7-8-17-19)13(20)18-14-11(15(21)23-4)9(3)12(25-14)16(22)24-6-2/h7-8H,5-6H2,1-4H3,(H,18,20). The summed E-state index contributed by atoms with van der Waals surface area (Å²) in [5, 5.41) is 6.95. The molecule has 2 heterocycles. The molecule has 0 aliphatic heterocycles. The van der Waals surface area contributed by atoms with E-state index in [0.717, 1.165) is 11.3 Å². The quantitative estimate of drug-likeness (QED) is 0.790. The van der Waals surface area contributed by atoms with E-state index < -0.39 is 17.8 Å². The number of thiophene rings is 1. The first-order valence-electron chi connectivity index (χ1n) is 7.66. The Labute approximate surface area is 148 Å². The molecule has 25 heavy (non-hydrogen) atoms. The highest BCUT2D eigenvalue weighted by atomic mass is 32.1. The first kappa shape index (κ1) is 18.7. The van der Waals surface area contributed by atoms with Gasteiger partial charge in [-0.3, -0.25) is 9.48 Å². The molecule has 0 unspecified atom stereocenters. The summed E-state index contributed by atoms with van der Waals surface area (Å²) in [6, 6.07) is 1.57. The molecule has 0 radical (unpaired) electrons. The number of amides is 1. The molecule has 1 N–H and O–H groups in total. The molecule has 0 aromatic carbocycles. The third-order valence-corrected chi connectivity index (χ3v) is 4.66. The maximum atomic E-state index is 12.5. The molecular weight excluding hydrogens is 346 g/mol. The molecule has 0 saturated carbocycles. The lowest BCUT2D eigenvalue weighted by molar-refractivity contribution is 0.0531. The van der Waals surface area contributed by atoms with Crippen molar-refractivity contribution in [1.82, 2.24) is 9.78 Å². The van der Waals surface area contributed by atoms with E-state index in [0.29, 0.717) is 17.8 Å². The molecular formula is C16H19N3O5S. The van der Waals surface area contributed by atoms with Gasteiger partial charge in [-0.25, -0.2) is 9.59 Å². The molecule has 1 amide bonds. The highest BCUT2D eigenvalue weighted by molar-refractivity contribution is 7.18. The first-order chi connectivity index (χ1) is 11.9. The van der Waals surface area contributed by atoms with Crippen molar-refractivity contribution < 1.29 is 23.9 Å². The number of aromatic nitrogens is 2. The number of anilines is 1. The number of hydrogen-bond acceptors (Lipinski definition) is 7. The van der Waals surface area contributed by atoms with Crippen molar-refractivity contribution in [3.8, 4) is 0 Å². The largest absolute Gasteiger partial charge is 0.465 e. The van der Waals surface area contributed by atoms with E-state index in [1.807, 2.05) is 6.92 Å². The van der Waals surface area contributed by atoms with Crippen molar-refractivity contribution in [3.05, 3.63) is 34.0 Å². The van der Waals surface area contributed by atoms with Crippen LogP contribution in [0, 0.1) is 6.92 Å². The zero-order valence-electron chi connectivity index (χ0n) is 14.4. The molecule has 2 aromatic rings. The van der Waals surface area contributed by atoms with Crippen LogP contribution < -0.4 is 5.32 Å². The van der Waals surface area contributed by atoms with Gasteiger partial charge in [-0.15, -0.1) is 11.3 Å². The van der Waals surface area contributed by atoms with E-state index in [2.05, 4.69) is 10.4 Å². The van der Waals surface area contributed by atoms with Crippen LogP contribution in [0.5, 0.6) is 0 Å². The highest BCUT2D eigenvalue weighted by Gasteiger charge is 2.27. The Kier molecular flexibility index (Phi) is 5.92. The summed E-state index contributed by atoms with van der Waals surface area (Å²) >= 11 is 0.980. The van der Waals surface area contributed by atoms with Crippen molar-refractivity contribution in [3.63, 3.8) is 0 Å². The Morgan fingerprint density at radius 2 is 2.00 bits per heavy atom. The number of nitrogens with one attached hydrogen (secondary N) is 1. The van der Waals surface area contributed by atoms with Gasteiger partial charge in [-0.1, -0.05) is 0 Å². The second-order valence-corrected chi connectivity index (χ2v) is 5.98. The topological polar surface area (TPSA) is 99.5 Å². The fourth-order valence-corrected chi connectivity index (χ4v) is 3.37. The second-order valence-electron chi connectivity index (χ2n) is 4.96. The number of carbonyl (C=O) groups excluding carboxylic acids is 3. The predicted octanol–water partition coefficient (Wildman–Crippen LogP) is 2.49. The summed E-state index contributed by atoms with van der Waals surface area (Å²) in [4.78, 5) is 36.9. The molecule has 9 heteroatoms. The van der Waals surface area contributed by atoms with Gasteiger partial charge in [0.05, 0.1) is 19.3 Å². The number of esters is 2. The van der Waals surface area contributed by atoms with E-state index >= 15 is 0 Å². The molecule has 134 valence electrons. The van der Waals surface area contributed by atoms with E-state index in [-0.39, 0.29) is 22.0 Å². The van der Waals surface area contributed by atoms with Gasteiger partial charge in [-0.2, -0.15) is 5.10 Å². The van der Waals surface area contributed by atoms with E-state index in [1.165, 1.54) is 18.0 Å². The normalized spacial score (nSPS) is 10.4. The van der Waals surface area contributed by atoms with Gasteiger partial charge in [0.2, 0.25) is 0 Å². The number of aryl methyl sites for hydroxylation is 1. The molecule has 0 atom stereocenters. The molecule has 0 bridgehead atoms. The van der Waals surface area contributed by atoms with Crippen molar-refractivity contribution in [2.75, 3.05) is 19.0 Å². The number of rotatable bonds is 6. The Bertz CT molecular complexity index is 809. The minimum absolute atomic E-state index is 0.145. The third-order valence-electron chi connectivity index (χ3n) is 3.47. The average molecular weight is 365 g/mol. The summed E-state index contributed by atoms with van der Waals surface area (Å²) in [5.74, 6) is -1.61. The zero-order valence-corrected chi connectivity index (χ0v) is 15.2. The summed E-state index contributed by atoms with van der Waals surface area (Å²) in [6.45, 7) is 5.90. The number of methoxy groups -OCH3 is 1.